The molecule has 0 radical (unpaired) electrons. The van der Waals surface area contributed by atoms with Gasteiger partial charge in [0, 0.05) is 42.7 Å². The lowest BCUT2D eigenvalue weighted by molar-refractivity contribution is -0.0317. The van der Waals surface area contributed by atoms with Crippen molar-refractivity contribution in [1.82, 2.24) is 18.7 Å². The summed E-state index contributed by atoms with van der Waals surface area (Å²) < 4.78 is 16.9. The molecular formula is C27H30N4O4. The van der Waals surface area contributed by atoms with Crippen LogP contribution in [0.5, 0.6) is 0 Å². The number of ether oxygens (including phenoxy) is 2. The molecule has 8 heteroatoms. The van der Waals surface area contributed by atoms with Gasteiger partial charge in [-0.3, -0.25) is 4.79 Å². The molecule has 0 bridgehead atoms. The van der Waals surface area contributed by atoms with E-state index in [2.05, 4.69) is 21.8 Å². The molecular weight excluding hydrogens is 444 g/mol. The second-order valence-electron chi connectivity index (χ2n) is 10.00. The fourth-order valence-corrected chi connectivity index (χ4v) is 4.47. The molecule has 0 amide bonds. The molecule has 3 aromatic heterocycles. The SMILES string of the molecule is CC(C)(C)OC(=O)n1c(C=O)cc2ccc(Cn3cnc(-c4ccn(C5CCCCO5)c4)c3)cc21. The maximum atomic E-state index is 12.8. The lowest BCUT2D eigenvalue weighted by Crippen LogP contribution is -2.28. The summed E-state index contributed by atoms with van der Waals surface area (Å²) in [5.74, 6) is 0. The Hall–Kier alpha value is -3.65. The van der Waals surface area contributed by atoms with Crippen LogP contribution < -0.4 is 0 Å². The Morgan fingerprint density at radius 2 is 2.06 bits per heavy atom. The Morgan fingerprint density at radius 3 is 2.80 bits per heavy atom. The van der Waals surface area contributed by atoms with Crippen LogP contribution in [0.25, 0.3) is 22.2 Å². The van der Waals surface area contributed by atoms with Crippen LogP contribution in [-0.4, -0.2) is 43.3 Å². The van der Waals surface area contributed by atoms with Crippen molar-refractivity contribution in [2.24, 2.45) is 0 Å². The molecule has 182 valence electrons. The lowest BCUT2D eigenvalue weighted by atomic mass is 10.1. The molecule has 1 aliphatic heterocycles. The van der Waals surface area contributed by atoms with Gasteiger partial charge in [0.15, 0.2) is 6.29 Å². The van der Waals surface area contributed by atoms with Crippen molar-refractivity contribution in [3.63, 3.8) is 0 Å². The second-order valence-corrected chi connectivity index (χ2v) is 10.00. The van der Waals surface area contributed by atoms with Crippen molar-refractivity contribution in [3.05, 3.63) is 66.5 Å². The Bertz CT molecular complexity index is 1370. The highest BCUT2D eigenvalue weighted by Crippen LogP contribution is 2.27. The average molecular weight is 475 g/mol. The number of benzene rings is 1. The van der Waals surface area contributed by atoms with E-state index in [1.807, 2.05) is 35.2 Å². The van der Waals surface area contributed by atoms with E-state index in [1.54, 1.807) is 33.2 Å². The predicted molar refractivity (Wildman–Crippen MR) is 133 cm³/mol. The van der Waals surface area contributed by atoms with Crippen molar-refractivity contribution < 1.29 is 19.1 Å². The van der Waals surface area contributed by atoms with Gasteiger partial charge in [-0.1, -0.05) is 12.1 Å². The van der Waals surface area contributed by atoms with Crippen molar-refractivity contribution in [3.8, 4) is 11.3 Å². The van der Waals surface area contributed by atoms with Crippen LogP contribution in [0.4, 0.5) is 4.79 Å². The van der Waals surface area contributed by atoms with Crippen LogP contribution in [0.1, 0.15) is 62.3 Å². The third kappa shape index (κ3) is 4.93. The van der Waals surface area contributed by atoms with Crippen molar-refractivity contribution in [2.45, 2.75) is 58.4 Å². The number of hydrogen-bond acceptors (Lipinski definition) is 5. The zero-order chi connectivity index (χ0) is 24.6. The average Bonchev–Trinajstić information content (AvgIpc) is 3.56. The summed E-state index contributed by atoms with van der Waals surface area (Å²) in [5.41, 5.74) is 3.16. The summed E-state index contributed by atoms with van der Waals surface area (Å²) in [6, 6.07) is 9.59. The number of aromatic nitrogens is 4. The molecule has 8 nitrogen and oxygen atoms in total. The molecule has 0 N–H and O–H groups in total. The van der Waals surface area contributed by atoms with Crippen LogP contribution in [-0.2, 0) is 16.0 Å². The third-order valence-corrected chi connectivity index (χ3v) is 6.09. The molecule has 1 aromatic carbocycles. The van der Waals surface area contributed by atoms with Gasteiger partial charge >= 0.3 is 6.09 Å². The summed E-state index contributed by atoms with van der Waals surface area (Å²) in [6.07, 6.45) is 11.5. The molecule has 1 aliphatic rings. The number of hydrogen-bond donors (Lipinski definition) is 0. The highest BCUT2D eigenvalue weighted by Gasteiger charge is 2.22. The lowest BCUT2D eigenvalue weighted by Gasteiger charge is -2.23. The molecule has 0 spiro atoms. The minimum Gasteiger partial charge on any atom is -0.443 e. The standard InChI is InChI=1S/C27H30N4O4/c1-27(2,3)35-26(33)31-22(17-32)13-20-8-7-19(12-24(20)31)14-29-16-23(28-18-29)21-9-10-30(15-21)25-6-4-5-11-34-25/h7-10,12-13,15-18,25H,4-6,11,14H2,1-3H3. The highest BCUT2D eigenvalue weighted by molar-refractivity contribution is 5.97. The Morgan fingerprint density at radius 1 is 1.20 bits per heavy atom. The molecule has 1 fully saturated rings. The minimum atomic E-state index is -0.666. The molecule has 1 unspecified atom stereocenters. The molecule has 4 aromatic rings. The molecule has 4 heterocycles. The predicted octanol–water partition coefficient (Wildman–Crippen LogP) is 5.65. The summed E-state index contributed by atoms with van der Waals surface area (Å²) in [6.45, 7) is 6.79. The zero-order valence-electron chi connectivity index (χ0n) is 20.3. The summed E-state index contributed by atoms with van der Waals surface area (Å²) >= 11 is 0. The molecule has 5 rings (SSSR count). The van der Waals surface area contributed by atoms with Crippen LogP contribution >= 0.6 is 0 Å². The number of fused-ring (bicyclic) bond motifs is 1. The van der Waals surface area contributed by atoms with E-state index in [0.29, 0.717) is 18.3 Å². The number of rotatable bonds is 5. The monoisotopic (exact) mass is 474 g/mol. The van der Waals surface area contributed by atoms with Gasteiger partial charge in [0.05, 0.1) is 23.2 Å². The van der Waals surface area contributed by atoms with E-state index in [4.69, 9.17) is 9.47 Å². The number of aldehydes is 1. The fourth-order valence-electron chi connectivity index (χ4n) is 4.47. The van der Waals surface area contributed by atoms with Gasteiger partial charge in [0.2, 0.25) is 0 Å². The maximum absolute atomic E-state index is 12.8. The largest absolute Gasteiger partial charge is 0.443 e. The third-order valence-electron chi connectivity index (χ3n) is 6.09. The Balaban J connectivity index is 1.38. The normalized spacial score (nSPS) is 16.5. The first-order valence-electron chi connectivity index (χ1n) is 11.9. The van der Waals surface area contributed by atoms with Crippen LogP contribution in [0, 0.1) is 0 Å². The first-order chi connectivity index (χ1) is 16.8. The molecule has 35 heavy (non-hydrogen) atoms. The van der Waals surface area contributed by atoms with Crippen molar-refractivity contribution in [1.29, 1.82) is 0 Å². The smallest absolute Gasteiger partial charge is 0.419 e. The highest BCUT2D eigenvalue weighted by atomic mass is 16.6. The van der Waals surface area contributed by atoms with Crippen LogP contribution in [0.15, 0.2) is 55.2 Å². The van der Waals surface area contributed by atoms with Gasteiger partial charge in [-0.2, -0.15) is 0 Å². The first-order valence-corrected chi connectivity index (χ1v) is 11.9. The molecule has 0 aliphatic carbocycles. The quantitative estimate of drug-likeness (QED) is 0.349. The number of carbonyl (C=O) groups excluding carboxylic acids is 2. The second kappa shape index (κ2) is 9.19. The fraction of sp³-hybridized carbons (Fsp3) is 0.370. The van der Waals surface area contributed by atoms with Crippen molar-refractivity contribution in [2.75, 3.05) is 6.61 Å². The van der Waals surface area contributed by atoms with E-state index < -0.39 is 11.7 Å². The van der Waals surface area contributed by atoms with Gasteiger partial charge in [-0.05, 0) is 63.8 Å². The van der Waals surface area contributed by atoms with E-state index in [9.17, 15) is 9.59 Å². The molecule has 0 saturated carbocycles. The molecule has 1 saturated heterocycles. The topological polar surface area (TPSA) is 80.3 Å². The Labute approximate surface area is 204 Å². The maximum Gasteiger partial charge on any atom is 0.419 e. The van der Waals surface area contributed by atoms with Crippen LogP contribution in [0.2, 0.25) is 0 Å². The van der Waals surface area contributed by atoms with Gasteiger partial charge < -0.3 is 18.6 Å². The van der Waals surface area contributed by atoms with E-state index in [1.165, 1.54) is 11.0 Å². The minimum absolute atomic E-state index is 0.101. The summed E-state index contributed by atoms with van der Waals surface area (Å²) in [4.78, 5) is 29.0. The number of nitrogens with zero attached hydrogens (tertiary/aromatic N) is 4. The van der Waals surface area contributed by atoms with E-state index in [0.717, 1.165) is 41.7 Å². The Kier molecular flexibility index (Phi) is 6.06. The van der Waals surface area contributed by atoms with Crippen LogP contribution in [0.3, 0.4) is 0 Å². The number of carbonyl (C=O) groups is 2. The van der Waals surface area contributed by atoms with E-state index in [-0.39, 0.29) is 11.9 Å². The zero-order valence-corrected chi connectivity index (χ0v) is 20.3. The summed E-state index contributed by atoms with van der Waals surface area (Å²) in [7, 11) is 0. The van der Waals surface area contributed by atoms with Gasteiger partial charge in [0.25, 0.3) is 0 Å². The summed E-state index contributed by atoms with van der Waals surface area (Å²) in [5, 5.41) is 0.805. The van der Waals surface area contributed by atoms with Crippen molar-refractivity contribution >= 4 is 23.3 Å². The van der Waals surface area contributed by atoms with Gasteiger partial charge in [-0.25, -0.2) is 14.3 Å². The first kappa shape index (κ1) is 23.1. The number of imidazole rings is 1. The van der Waals surface area contributed by atoms with E-state index >= 15 is 0 Å². The van der Waals surface area contributed by atoms with Gasteiger partial charge in [0.1, 0.15) is 11.8 Å². The van der Waals surface area contributed by atoms with Gasteiger partial charge in [-0.15, -0.1) is 0 Å². The molecule has 1 atom stereocenters.